The molecule has 0 saturated carbocycles. The van der Waals surface area contributed by atoms with Gasteiger partial charge in [-0.05, 0) is 18.2 Å². The Morgan fingerprint density at radius 1 is 0.778 bits per heavy atom. The predicted octanol–water partition coefficient (Wildman–Crippen LogP) is 7.21. The van der Waals surface area contributed by atoms with Crippen molar-refractivity contribution in [1.82, 2.24) is 0 Å². The van der Waals surface area contributed by atoms with E-state index in [0.29, 0.717) is 23.3 Å². The van der Waals surface area contributed by atoms with Crippen molar-refractivity contribution < 1.29 is 60.3 Å². The number of hydrogen-bond donors (Lipinski definition) is 0. The third-order valence-electron chi connectivity index (χ3n) is 4.54. The van der Waals surface area contributed by atoms with Gasteiger partial charge >= 0.3 is 32.5 Å². The number of rotatable bonds is 7. The van der Waals surface area contributed by atoms with E-state index in [-0.39, 0.29) is 39.1 Å². The van der Waals surface area contributed by atoms with E-state index < -0.39 is 52.6 Å². The molecule has 36 heavy (non-hydrogen) atoms. The quantitative estimate of drug-likeness (QED) is 0.191. The molecule has 0 aliphatic heterocycles. The van der Waals surface area contributed by atoms with E-state index in [1.807, 2.05) is 0 Å². The first kappa shape index (κ1) is 33.7. The molecular weight excluding hydrogens is 691 g/mol. The van der Waals surface area contributed by atoms with Crippen molar-refractivity contribution in [3.05, 3.63) is 119 Å². The summed E-state index contributed by atoms with van der Waals surface area (Å²) in [7, 11) is 0. The van der Waals surface area contributed by atoms with Gasteiger partial charge in [-0.3, -0.25) is 0 Å². The molecule has 1 unspecified atom stereocenters. The molecule has 0 radical (unpaired) electrons. The van der Waals surface area contributed by atoms with E-state index in [9.17, 15) is 30.6 Å². The molecule has 0 aromatic heterocycles. The molecule has 0 fully saturated rings. The zero-order chi connectivity index (χ0) is 24.2. The van der Waals surface area contributed by atoms with Gasteiger partial charge in [-0.1, -0.05) is 71.8 Å². The maximum absolute atomic E-state index is 13.1. The molecule has 3 atom stereocenters. The van der Waals surface area contributed by atoms with Crippen LogP contribution in [0, 0.1) is 7.43 Å². The van der Waals surface area contributed by atoms with Gasteiger partial charge in [-0.15, -0.1) is 12.1 Å². The van der Waals surface area contributed by atoms with Crippen LogP contribution >= 0.6 is 0 Å². The van der Waals surface area contributed by atoms with Gasteiger partial charge in [0.2, 0.25) is 0 Å². The van der Waals surface area contributed by atoms with Crippen LogP contribution in [0.15, 0.2) is 78.9 Å². The van der Waals surface area contributed by atoms with E-state index in [4.69, 9.17) is 9.92 Å². The van der Waals surface area contributed by atoms with E-state index >= 15 is 0 Å². The van der Waals surface area contributed by atoms with Gasteiger partial charge in [0, 0.05) is 0 Å². The minimum absolute atomic E-state index is 0. The molecule has 3 rings (SSSR count). The molecule has 198 valence electrons. The fourth-order valence-electron chi connectivity index (χ4n) is 2.98. The smallest absolute Gasteiger partial charge is 0.672 e. The monoisotopic (exact) mass is 712 g/mol. The van der Waals surface area contributed by atoms with Crippen LogP contribution in [0.4, 0.5) is 26.3 Å². The number of benzene rings is 3. The standard InChI is InChI=1S/C22H16F6N2O2S.CH3.Ir.H2O/c23-21(24,25)16-11-17(22(26,27)28)13-18(12-16)32-33(31)30-20(15-9-5-2-6-10-15)19(29)14-7-3-1-4-8-14;;;/h1-13,19-20,29H;1H3;;1H2/q-2;-1;+3;/t19-,20-,33?;;;/m1.../s1. The number of alkyl halides is 6. The van der Waals surface area contributed by atoms with Crippen molar-refractivity contribution in [2.75, 3.05) is 0 Å². The average Bonchev–Trinajstić information content (AvgIpc) is 2.77. The van der Waals surface area contributed by atoms with Crippen molar-refractivity contribution in [3.8, 4) is 5.75 Å². The van der Waals surface area contributed by atoms with Gasteiger partial charge < -0.3 is 27.5 Å². The first-order valence-electron chi connectivity index (χ1n) is 9.36. The molecule has 0 aliphatic rings. The number of halogens is 6. The van der Waals surface area contributed by atoms with Gasteiger partial charge in [0.15, 0.2) is 0 Å². The van der Waals surface area contributed by atoms with Crippen LogP contribution < -0.4 is 4.18 Å². The minimum atomic E-state index is -5.08. The summed E-state index contributed by atoms with van der Waals surface area (Å²) in [5, 5.41) is 0. The summed E-state index contributed by atoms with van der Waals surface area (Å²) in [6.45, 7) is 0. The first-order valence-corrected chi connectivity index (χ1v) is 10.4. The predicted molar refractivity (Wildman–Crippen MR) is 121 cm³/mol. The summed E-state index contributed by atoms with van der Waals surface area (Å²) in [4.78, 5) is 0. The Hall–Kier alpha value is -2.28. The molecule has 0 saturated heterocycles. The van der Waals surface area contributed by atoms with Crippen LogP contribution in [0.2, 0.25) is 0 Å². The molecule has 5 nitrogen and oxygen atoms in total. The van der Waals surface area contributed by atoms with Crippen molar-refractivity contribution >= 4 is 11.3 Å². The number of nitrogens with zero attached hydrogens (tertiary/aromatic N) is 1. The number of hydrogen-bond acceptors (Lipinski definition) is 2. The Labute approximate surface area is 220 Å². The minimum Gasteiger partial charge on any atom is -0.672 e. The number of nitrogens with one attached hydrogen (secondary N) is 1. The molecule has 3 aromatic carbocycles. The van der Waals surface area contributed by atoms with E-state index in [0.717, 1.165) is 0 Å². The van der Waals surface area contributed by atoms with Crippen molar-refractivity contribution in [1.29, 1.82) is 0 Å². The summed E-state index contributed by atoms with van der Waals surface area (Å²) < 4.78 is 99.6. The van der Waals surface area contributed by atoms with Gasteiger partial charge in [-0.25, -0.2) is 4.21 Å². The first-order chi connectivity index (χ1) is 15.4. The van der Waals surface area contributed by atoms with Crippen LogP contribution in [0.3, 0.4) is 0 Å². The van der Waals surface area contributed by atoms with Crippen molar-refractivity contribution in [2.24, 2.45) is 0 Å². The molecule has 0 spiro atoms. The Kier molecular flexibility index (Phi) is 13.0. The van der Waals surface area contributed by atoms with Crippen molar-refractivity contribution in [3.63, 3.8) is 0 Å². The third kappa shape index (κ3) is 8.98. The van der Waals surface area contributed by atoms with Gasteiger partial charge in [0.05, 0.1) is 11.1 Å². The zero-order valence-electron chi connectivity index (χ0n) is 18.4. The summed E-state index contributed by atoms with van der Waals surface area (Å²) in [5.41, 5.74) is 6.31. The zero-order valence-corrected chi connectivity index (χ0v) is 21.6. The second-order valence-corrected chi connectivity index (χ2v) is 7.70. The SMILES string of the molecule is O.[CH3-].[Ir+3].[NH-][C@H](c1ccccc1)[C@H]([N-]S(=O)Oc1cc(C(F)(F)F)cc(C(F)(F)F)c1)c1ccccc1. The maximum atomic E-state index is 13.1. The fourth-order valence-corrected chi connectivity index (χ4v) is 3.71. The van der Waals surface area contributed by atoms with E-state index in [1.54, 1.807) is 60.7 Å². The normalized spacial score (nSPS) is 13.8. The second-order valence-electron chi connectivity index (χ2n) is 6.89. The molecule has 0 bridgehead atoms. The topological polar surface area (TPSA) is 95.7 Å². The summed E-state index contributed by atoms with van der Waals surface area (Å²) >= 11 is -2.70. The molecule has 3 N–H and O–H groups in total. The van der Waals surface area contributed by atoms with Crippen LogP contribution in [0.5, 0.6) is 5.75 Å². The van der Waals surface area contributed by atoms with Crippen LogP contribution in [0.1, 0.15) is 34.3 Å². The van der Waals surface area contributed by atoms with Gasteiger partial charge in [-0.2, -0.15) is 26.3 Å². The Bertz CT molecular complexity index is 1070. The maximum Gasteiger partial charge on any atom is 3.00 e. The molecule has 0 amide bonds. The van der Waals surface area contributed by atoms with Gasteiger partial charge in [0.1, 0.15) is 17.0 Å². The summed E-state index contributed by atoms with van der Waals surface area (Å²) in [6.07, 6.45) is -10.2. The molecule has 13 heteroatoms. The molecule has 3 aromatic rings. The molecule has 0 aliphatic carbocycles. The Morgan fingerprint density at radius 3 is 1.61 bits per heavy atom. The average molecular weight is 712 g/mol. The van der Waals surface area contributed by atoms with Crippen LogP contribution in [-0.4, -0.2) is 9.69 Å². The van der Waals surface area contributed by atoms with Crippen LogP contribution in [0.25, 0.3) is 10.5 Å². The van der Waals surface area contributed by atoms with E-state index in [1.165, 1.54) is 0 Å². The van der Waals surface area contributed by atoms with Gasteiger partial charge in [0.25, 0.3) is 0 Å². The molecular formula is C23H21F6IrN2O3S. The van der Waals surface area contributed by atoms with Crippen molar-refractivity contribution in [2.45, 2.75) is 24.4 Å². The van der Waals surface area contributed by atoms with E-state index in [2.05, 4.69) is 4.72 Å². The largest absolute Gasteiger partial charge is 3.00 e. The summed E-state index contributed by atoms with van der Waals surface area (Å²) in [6, 6.07) is 15.1. The second kappa shape index (κ2) is 13.9. The fraction of sp³-hybridized carbons (Fsp3) is 0.174. The Balaban J connectivity index is 0.00000408. The third-order valence-corrected chi connectivity index (χ3v) is 5.28. The Morgan fingerprint density at radius 2 is 1.19 bits per heavy atom. The molecule has 0 heterocycles. The van der Waals surface area contributed by atoms with Crippen LogP contribution in [-0.2, 0) is 43.7 Å². The summed E-state index contributed by atoms with van der Waals surface area (Å²) in [5.74, 6) is -0.910.